The second kappa shape index (κ2) is 9.93. The van der Waals surface area contributed by atoms with Crippen LogP contribution < -0.4 is 15.6 Å². The first-order chi connectivity index (χ1) is 17.8. The molecule has 1 aromatic heterocycles. The predicted molar refractivity (Wildman–Crippen MR) is 136 cm³/mol. The zero-order valence-electron chi connectivity index (χ0n) is 20.3. The number of methoxy groups -OCH3 is 1. The molecule has 9 heteroatoms. The standard InChI is InChI=1S/C28H27N3O6/c1-37-22-7-5-17(6-8-22)12-25(32)29-23-9-10-24-21-11-18(15-31(24)27(23)34)14-30(16-21)26(33)19-3-2-4-20(13-19)28(35)36/h2-10,13,18,21H,11-12,14-16H2,1H3,(H,29,32)(H,35,36)/t18-,21+/m0/s1. The van der Waals surface area contributed by atoms with Gasteiger partial charge in [-0.25, -0.2) is 4.79 Å². The molecular formula is C28H27N3O6. The fraction of sp³-hybridized carbons (Fsp3) is 0.286. The summed E-state index contributed by atoms with van der Waals surface area (Å²) in [5, 5.41) is 12.0. The molecule has 1 fully saturated rings. The zero-order chi connectivity index (χ0) is 26.1. The van der Waals surface area contributed by atoms with Gasteiger partial charge in [0, 0.05) is 36.8 Å². The number of likely N-dealkylation sites (tertiary alicyclic amines) is 1. The van der Waals surface area contributed by atoms with Gasteiger partial charge in [-0.2, -0.15) is 0 Å². The molecule has 1 saturated heterocycles. The van der Waals surface area contributed by atoms with E-state index >= 15 is 0 Å². The largest absolute Gasteiger partial charge is 0.497 e. The molecule has 2 aliphatic rings. The van der Waals surface area contributed by atoms with Crippen molar-refractivity contribution in [1.29, 1.82) is 0 Å². The number of hydrogen-bond donors (Lipinski definition) is 2. The number of rotatable bonds is 6. The summed E-state index contributed by atoms with van der Waals surface area (Å²) in [5.41, 5.74) is 2.05. The Hall–Kier alpha value is -4.40. The molecule has 3 heterocycles. The van der Waals surface area contributed by atoms with E-state index in [0.717, 1.165) is 17.7 Å². The van der Waals surface area contributed by atoms with E-state index in [1.807, 2.05) is 18.2 Å². The summed E-state index contributed by atoms with van der Waals surface area (Å²) >= 11 is 0. The first-order valence-electron chi connectivity index (χ1n) is 12.1. The molecule has 2 atom stereocenters. The van der Waals surface area contributed by atoms with E-state index in [4.69, 9.17) is 4.74 Å². The highest BCUT2D eigenvalue weighted by atomic mass is 16.5. The van der Waals surface area contributed by atoms with Gasteiger partial charge in [-0.15, -0.1) is 0 Å². The van der Waals surface area contributed by atoms with Crippen molar-refractivity contribution in [3.8, 4) is 5.75 Å². The van der Waals surface area contributed by atoms with Crippen LogP contribution in [0.2, 0.25) is 0 Å². The smallest absolute Gasteiger partial charge is 0.335 e. The second-order valence-corrected chi connectivity index (χ2v) is 9.56. The Morgan fingerprint density at radius 3 is 2.49 bits per heavy atom. The van der Waals surface area contributed by atoms with Crippen LogP contribution >= 0.6 is 0 Å². The van der Waals surface area contributed by atoms with E-state index in [9.17, 15) is 24.3 Å². The number of ether oxygens (including phenoxy) is 1. The fourth-order valence-electron chi connectivity index (χ4n) is 5.30. The highest BCUT2D eigenvalue weighted by Crippen LogP contribution is 2.36. The van der Waals surface area contributed by atoms with Crippen LogP contribution in [0.25, 0.3) is 0 Å². The van der Waals surface area contributed by atoms with Crippen molar-refractivity contribution >= 4 is 23.5 Å². The number of nitrogens with zero attached hydrogens (tertiary/aromatic N) is 2. The number of hydrogen-bond acceptors (Lipinski definition) is 5. The number of fused-ring (bicyclic) bond motifs is 4. The summed E-state index contributed by atoms with van der Waals surface area (Å²) in [6.45, 7) is 1.37. The molecule has 0 unspecified atom stereocenters. The Balaban J connectivity index is 1.30. The van der Waals surface area contributed by atoms with Gasteiger partial charge in [-0.1, -0.05) is 18.2 Å². The van der Waals surface area contributed by atoms with Gasteiger partial charge in [0.05, 0.1) is 19.1 Å². The Labute approximate surface area is 213 Å². The summed E-state index contributed by atoms with van der Waals surface area (Å²) in [6, 6.07) is 16.7. The average Bonchev–Trinajstić information content (AvgIpc) is 2.90. The molecule has 0 aliphatic carbocycles. The van der Waals surface area contributed by atoms with E-state index < -0.39 is 5.97 Å². The number of anilines is 1. The van der Waals surface area contributed by atoms with Crippen molar-refractivity contribution in [2.24, 2.45) is 5.92 Å². The highest BCUT2D eigenvalue weighted by Gasteiger charge is 2.37. The minimum absolute atomic E-state index is 0.0177. The molecule has 0 spiro atoms. The van der Waals surface area contributed by atoms with Crippen LogP contribution in [-0.4, -0.2) is 52.6 Å². The van der Waals surface area contributed by atoms with E-state index in [1.54, 1.807) is 46.9 Å². The Morgan fingerprint density at radius 1 is 1.00 bits per heavy atom. The predicted octanol–water partition coefficient (Wildman–Crippen LogP) is 3.00. The first kappa shape index (κ1) is 24.3. The maximum Gasteiger partial charge on any atom is 0.335 e. The van der Waals surface area contributed by atoms with E-state index in [1.165, 1.54) is 12.1 Å². The second-order valence-electron chi connectivity index (χ2n) is 9.56. The van der Waals surface area contributed by atoms with Gasteiger partial charge in [0.2, 0.25) is 5.91 Å². The molecule has 2 aromatic carbocycles. The summed E-state index contributed by atoms with van der Waals surface area (Å²) in [4.78, 5) is 52.1. The third-order valence-electron chi connectivity index (χ3n) is 7.05. The number of carbonyl (C=O) groups is 3. The average molecular weight is 502 g/mol. The van der Waals surface area contributed by atoms with E-state index in [-0.39, 0.29) is 46.9 Å². The number of pyridine rings is 1. The van der Waals surface area contributed by atoms with Gasteiger partial charge in [0.1, 0.15) is 11.4 Å². The molecular weight excluding hydrogens is 474 g/mol. The molecule has 5 rings (SSSR count). The van der Waals surface area contributed by atoms with Gasteiger partial charge < -0.3 is 24.6 Å². The number of amides is 2. The minimum Gasteiger partial charge on any atom is -0.497 e. The van der Waals surface area contributed by atoms with Crippen LogP contribution in [0.1, 0.15) is 44.3 Å². The normalized spacial score (nSPS) is 18.0. The lowest BCUT2D eigenvalue weighted by molar-refractivity contribution is -0.115. The van der Waals surface area contributed by atoms with Gasteiger partial charge >= 0.3 is 5.97 Å². The lowest BCUT2D eigenvalue weighted by Crippen LogP contribution is -2.49. The minimum atomic E-state index is -1.08. The molecule has 0 radical (unpaired) electrons. The van der Waals surface area contributed by atoms with E-state index in [2.05, 4.69) is 5.32 Å². The molecule has 2 amide bonds. The number of nitrogens with one attached hydrogen (secondary N) is 1. The van der Waals surface area contributed by atoms with Crippen LogP contribution in [-0.2, 0) is 17.8 Å². The molecule has 2 bridgehead atoms. The van der Waals surface area contributed by atoms with Crippen LogP contribution in [0, 0.1) is 5.92 Å². The molecule has 9 nitrogen and oxygen atoms in total. The fourth-order valence-corrected chi connectivity index (χ4v) is 5.30. The molecule has 2 aliphatic heterocycles. The lowest BCUT2D eigenvalue weighted by Gasteiger charge is -2.43. The number of aromatic carboxylic acids is 1. The summed E-state index contributed by atoms with van der Waals surface area (Å²) in [5.74, 6) is -0.797. The highest BCUT2D eigenvalue weighted by molar-refractivity contribution is 5.97. The third-order valence-corrected chi connectivity index (χ3v) is 7.05. The Kier molecular flexibility index (Phi) is 6.52. The van der Waals surface area contributed by atoms with Crippen LogP contribution in [0.5, 0.6) is 5.75 Å². The third kappa shape index (κ3) is 4.97. The number of aromatic nitrogens is 1. The number of carbonyl (C=O) groups excluding carboxylic acids is 2. The van der Waals surface area contributed by atoms with Gasteiger partial charge in [0.25, 0.3) is 11.5 Å². The molecule has 0 saturated carbocycles. The number of carboxylic acid groups (broad SMARTS) is 1. The van der Waals surface area contributed by atoms with Crippen molar-refractivity contribution in [2.75, 3.05) is 25.5 Å². The van der Waals surface area contributed by atoms with Gasteiger partial charge in [-0.05, 0) is 60.4 Å². The molecule has 2 N–H and O–H groups in total. The first-order valence-corrected chi connectivity index (χ1v) is 12.1. The van der Waals surface area contributed by atoms with Crippen LogP contribution in [0.15, 0.2) is 65.5 Å². The SMILES string of the molecule is COc1ccc(CC(=O)Nc2ccc3n(c2=O)C[C@H]2C[C@@H]3CN(C(=O)c3cccc(C(=O)O)c3)C2)cc1. The van der Waals surface area contributed by atoms with Crippen molar-refractivity contribution in [3.63, 3.8) is 0 Å². The zero-order valence-corrected chi connectivity index (χ0v) is 20.3. The monoisotopic (exact) mass is 501 g/mol. The lowest BCUT2D eigenvalue weighted by atomic mass is 9.83. The molecule has 190 valence electrons. The van der Waals surface area contributed by atoms with Crippen molar-refractivity contribution < 1.29 is 24.2 Å². The summed E-state index contributed by atoms with van der Waals surface area (Å²) in [6.07, 6.45) is 0.998. The number of benzene rings is 2. The van der Waals surface area contributed by atoms with E-state index in [0.29, 0.717) is 30.9 Å². The Morgan fingerprint density at radius 2 is 1.76 bits per heavy atom. The Bertz CT molecular complexity index is 1430. The maximum atomic E-state index is 13.2. The van der Waals surface area contributed by atoms with Crippen molar-refractivity contribution in [3.05, 3.63) is 93.4 Å². The molecule has 3 aromatic rings. The number of piperidine rings is 1. The quantitative estimate of drug-likeness (QED) is 0.536. The van der Waals surface area contributed by atoms with Crippen LogP contribution in [0.4, 0.5) is 5.69 Å². The van der Waals surface area contributed by atoms with Gasteiger partial charge in [-0.3, -0.25) is 14.4 Å². The summed E-state index contributed by atoms with van der Waals surface area (Å²) in [7, 11) is 1.58. The molecule has 37 heavy (non-hydrogen) atoms. The van der Waals surface area contributed by atoms with Crippen molar-refractivity contribution in [2.45, 2.75) is 25.3 Å². The summed E-state index contributed by atoms with van der Waals surface area (Å²) < 4.78 is 6.85. The van der Waals surface area contributed by atoms with Gasteiger partial charge in [0.15, 0.2) is 0 Å². The van der Waals surface area contributed by atoms with Crippen molar-refractivity contribution in [1.82, 2.24) is 9.47 Å². The maximum absolute atomic E-state index is 13.2. The van der Waals surface area contributed by atoms with Crippen LogP contribution in [0.3, 0.4) is 0 Å². The topological polar surface area (TPSA) is 118 Å². The number of carboxylic acids is 1.